The highest BCUT2D eigenvalue weighted by Crippen LogP contribution is 2.43. The van der Waals surface area contributed by atoms with E-state index in [1.54, 1.807) is 0 Å². The van der Waals surface area contributed by atoms with Crippen molar-refractivity contribution in [2.24, 2.45) is 4.99 Å². The lowest BCUT2D eigenvalue weighted by molar-refractivity contribution is 0.0389. The van der Waals surface area contributed by atoms with E-state index < -0.39 is 0 Å². The third kappa shape index (κ3) is 4.95. The third-order valence-electron chi connectivity index (χ3n) is 6.44. The van der Waals surface area contributed by atoms with Gasteiger partial charge in [0, 0.05) is 45.2 Å². The number of nitrogens with zero attached hydrogens (tertiary/aromatic N) is 2. The topological polar surface area (TPSA) is 67.4 Å². The lowest BCUT2D eigenvalue weighted by atomic mass is 9.69. The number of hydrogen-bond donors (Lipinski definition) is 2. The molecule has 1 aromatic rings. The van der Waals surface area contributed by atoms with Gasteiger partial charge in [-0.2, -0.15) is 0 Å². The smallest absolute Gasteiger partial charge is 0.231 e. The van der Waals surface area contributed by atoms with Gasteiger partial charge in [0.2, 0.25) is 6.79 Å². The van der Waals surface area contributed by atoms with Crippen LogP contribution >= 0.6 is 0 Å². The summed E-state index contributed by atoms with van der Waals surface area (Å²) >= 11 is 0. The fraction of sp³-hybridized carbons (Fsp3) is 0.682. The van der Waals surface area contributed by atoms with Gasteiger partial charge in [-0.15, -0.1) is 0 Å². The molecule has 2 aliphatic heterocycles. The predicted octanol–water partition coefficient (Wildman–Crippen LogP) is 2.11. The molecule has 0 amide bonds. The van der Waals surface area contributed by atoms with E-state index in [1.807, 2.05) is 7.05 Å². The molecule has 2 fully saturated rings. The van der Waals surface area contributed by atoms with Crippen LogP contribution in [0.3, 0.4) is 0 Å². The molecular formula is C22H34N4O3. The van der Waals surface area contributed by atoms with Crippen molar-refractivity contribution < 1.29 is 14.2 Å². The van der Waals surface area contributed by atoms with Crippen LogP contribution in [0, 0.1) is 0 Å². The van der Waals surface area contributed by atoms with Crippen molar-refractivity contribution in [1.29, 1.82) is 0 Å². The Morgan fingerprint density at radius 2 is 1.86 bits per heavy atom. The molecule has 7 nitrogen and oxygen atoms in total. The molecule has 2 heterocycles. The first kappa shape index (κ1) is 20.3. The molecule has 0 spiro atoms. The van der Waals surface area contributed by atoms with E-state index in [-0.39, 0.29) is 5.41 Å². The van der Waals surface area contributed by atoms with E-state index in [9.17, 15) is 0 Å². The maximum absolute atomic E-state index is 5.64. The van der Waals surface area contributed by atoms with Gasteiger partial charge in [0.05, 0.1) is 13.2 Å². The Morgan fingerprint density at radius 1 is 1.07 bits per heavy atom. The number of morpholine rings is 1. The van der Waals surface area contributed by atoms with Crippen LogP contribution in [0.1, 0.15) is 37.7 Å². The normalized spacial score (nSPS) is 21.8. The molecule has 0 bridgehead atoms. The highest BCUT2D eigenvalue weighted by atomic mass is 16.7. The fourth-order valence-corrected chi connectivity index (χ4v) is 4.65. The number of aliphatic imine (C=N–C) groups is 1. The molecule has 3 aliphatic rings. The lowest BCUT2D eigenvalue weighted by Gasteiger charge is -2.38. The van der Waals surface area contributed by atoms with Gasteiger partial charge < -0.3 is 24.8 Å². The molecule has 0 radical (unpaired) electrons. The van der Waals surface area contributed by atoms with Crippen molar-refractivity contribution in [3.8, 4) is 11.5 Å². The number of rotatable bonds is 6. The van der Waals surface area contributed by atoms with Crippen molar-refractivity contribution in [2.75, 3.05) is 59.8 Å². The zero-order valence-electron chi connectivity index (χ0n) is 17.5. The van der Waals surface area contributed by atoms with Crippen molar-refractivity contribution >= 4 is 5.96 Å². The van der Waals surface area contributed by atoms with Crippen molar-refractivity contribution in [3.05, 3.63) is 23.8 Å². The zero-order chi connectivity index (χ0) is 19.9. The molecule has 1 aliphatic carbocycles. The Kier molecular flexibility index (Phi) is 6.77. The summed E-state index contributed by atoms with van der Waals surface area (Å²) in [4.78, 5) is 6.87. The summed E-state index contributed by atoms with van der Waals surface area (Å²) in [6.45, 7) is 6.81. The van der Waals surface area contributed by atoms with Gasteiger partial charge in [0.25, 0.3) is 0 Å². The minimum atomic E-state index is 0.112. The number of benzene rings is 1. The van der Waals surface area contributed by atoms with E-state index in [0.717, 1.165) is 63.4 Å². The van der Waals surface area contributed by atoms with Crippen molar-refractivity contribution in [1.82, 2.24) is 15.5 Å². The van der Waals surface area contributed by atoms with Crippen LogP contribution in [0.25, 0.3) is 0 Å². The summed E-state index contributed by atoms with van der Waals surface area (Å²) in [5.74, 6) is 2.61. The molecule has 1 aromatic carbocycles. The summed E-state index contributed by atoms with van der Waals surface area (Å²) in [5.41, 5.74) is 1.46. The van der Waals surface area contributed by atoms with E-state index >= 15 is 0 Å². The Bertz CT molecular complexity index is 697. The summed E-state index contributed by atoms with van der Waals surface area (Å²) in [6.07, 6.45) is 6.21. The third-order valence-corrected chi connectivity index (χ3v) is 6.44. The largest absolute Gasteiger partial charge is 0.454 e. The average Bonchev–Trinajstić information content (AvgIpc) is 3.25. The number of hydrogen-bond acceptors (Lipinski definition) is 5. The summed E-state index contributed by atoms with van der Waals surface area (Å²) in [6, 6.07) is 6.46. The van der Waals surface area contributed by atoms with Crippen LogP contribution in [0.5, 0.6) is 11.5 Å². The van der Waals surface area contributed by atoms with Gasteiger partial charge in [-0.05, 0) is 30.5 Å². The van der Waals surface area contributed by atoms with E-state index in [1.165, 1.54) is 37.7 Å². The van der Waals surface area contributed by atoms with Gasteiger partial charge in [0.1, 0.15) is 0 Å². The highest BCUT2D eigenvalue weighted by molar-refractivity contribution is 5.79. The molecule has 2 N–H and O–H groups in total. The second kappa shape index (κ2) is 9.67. The Balaban J connectivity index is 1.36. The Hall–Kier alpha value is -1.99. The SMILES string of the molecule is CN=C(NCCN1CCOCC1)NCC1(c2ccc3c(c2)OCO3)CCCCC1. The van der Waals surface area contributed by atoms with Gasteiger partial charge in [-0.3, -0.25) is 9.89 Å². The summed E-state index contributed by atoms with van der Waals surface area (Å²) in [7, 11) is 1.85. The molecule has 0 atom stereocenters. The lowest BCUT2D eigenvalue weighted by Crippen LogP contribution is -2.48. The maximum Gasteiger partial charge on any atom is 0.231 e. The summed E-state index contributed by atoms with van der Waals surface area (Å²) < 4.78 is 16.6. The van der Waals surface area contributed by atoms with E-state index in [2.05, 4.69) is 38.7 Å². The molecular weight excluding hydrogens is 368 g/mol. The van der Waals surface area contributed by atoms with Crippen LogP contribution in [0.4, 0.5) is 0 Å². The van der Waals surface area contributed by atoms with Crippen LogP contribution in [0.2, 0.25) is 0 Å². The van der Waals surface area contributed by atoms with Gasteiger partial charge >= 0.3 is 0 Å². The second-order valence-electron chi connectivity index (χ2n) is 8.22. The van der Waals surface area contributed by atoms with E-state index in [4.69, 9.17) is 14.2 Å². The zero-order valence-corrected chi connectivity index (χ0v) is 17.5. The van der Waals surface area contributed by atoms with Gasteiger partial charge in [-0.1, -0.05) is 25.3 Å². The first-order valence-corrected chi connectivity index (χ1v) is 10.9. The Morgan fingerprint density at radius 3 is 2.66 bits per heavy atom. The van der Waals surface area contributed by atoms with Crippen molar-refractivity contribution in [3.63, 3.8) is 0 Å². The summed E-state index contributed by atoms with van der Waals surface area (Å²) in [5, 5.41) is 7.09. The quantitative estimate of drug-likeness (QED) is 0.561. The highest BCUT2D eigenvalue weighted by Gasteiger charge is 2.35. The molecule has 1 saturated carbocycles. The van der Waals surface area contributed by atoms with Crippen LogP contribution < -0.4 is 20.1 Å². The molecule has 7 heteroatoms. The van der Waals surface area contributed by atoms with E-state index in [0.29, 0.717) is 6.79 Å². The maximum atomic E-state index is 5.64. The first-order chi connectivity index (χ1) is 14.3. The average molecular weight is 403 g/mol. The number of fused-ring (bicyclic) bond motifs is 1. The molecule has 0 unspecified atom stereocenters. The molecule has 0 aromatic heterocycles. The van der Waals surface area contributed by atoms with Gasteiger partial charge in [0.15, 0.2) is 17.5 Å². The molecule has 160 valence electrons. The predicted molar refractivity (Wildman–Crippen MR) is 114 cm³/mol. The number of ether oxygens (including phenoxy) is 3. The first-order valence-electron chi connectivity index (χ1n) is 10.9. The Labute approximate surface area is 173 Å². The van der Waals surface area contributed by atoms with Crippen LogP contribution in [-0.4, -0.2) is 70.6 Å². The minimum Gasteiger partial charge on any atom is -0.454 e. The molecule has 1 saturated heterocycles. The monoisotopic (exact) mass is 402 g/mol. The van der Waals surface area contributed by atoms with Crippen LogP contribution in [-0.2, 0) is 10.2 Å². The molecule has 29 heavy (non-hydrogen) atoms. The fourth-order valence-electron chi connectivity index (χ4n) is 4.65. The number of nitrogens with one attached hydrogen (secondary N) is 2. The van der Waals surface area contributed by atoms with Crippen LogP contribution in [0.15, 0.2) is 23.2 Å². The van der Waals surface area contributed by atoms with Crippen molar-refractivity contribution in [2.45, 2.75) is 37.5 Å². The van der Waals surface area contributed by atoms with Gasteiger partial charge in [-0.25, -0.2) is 0 Å². The second-order valence-corrected chi connectivity index (χ2v) is 8.22. The number of guanidine groups is 1. The minimum absolute atomic E-state index is 0.112. The standard InChI is InChI=1S/C22H34N4O3/c1-23-21(24-9-10-26-11-13-27-14-12-26)25-16-22(7-3-2-4-8-22)18-5-6-19-20(15-18)29-17-28-19/h5-6,15H,2-4,7-14,16-17H2,1H3,(H2,23,24,25). The molecule has 4 rings (SSSR count).